The molecule has 3 nitrogen and oxygen atoms in total. The van der Waals surface area contributed by atoms with Gasteiger partial charge in [-0.05, 0) is 54.7 Å². The monoisotopic (exact) mass is 346 g/mol. The summed E-state index contributed by atoms with van der Waals surface area (Å²) in [5.74, 6) is 0.722. The zero-order chi connectivity index (χ0) is 17.9. The minimum absolute atomic E-state index is 0.0709. The molecule has 0 amide bonds. The number of esters is 1. The van der Waals surface area contributed by atoms with Crippen molar-refractivity contribution in [3.8, 4) is 11.5 Å². The third-order valence-electron chi connectivity index (χ3n) is 3.65. The molecule has 128 valence electrons. The Labute approximate surface area is 148 Å². The first-order valence-electron chi connectivity index (χ1n) is 7.87. The van der Waals surface area contributed by atoms with Crippen LogP contribution in [0.1, 0.15) is 37.5 Å². The highest BCUT2D eigenvalue weighted by atomic mass is 35.5. The fourth-order valence-corrected chi connectivity index (χ4v) is 2.45. The summed E-state index contributed by atoms with van der Waals surface area (Å²) < 4.78 is 11.0. The van der Waals surface area contributed by atoms with Gasteiger partial charge in [0.25, 0.3) is 0 Å². The highest BCUT2D eigenvalue weighted by Gasteiger charge is 2.20. The number of halogens is 1. The molecule has 0 aliphatic rings. The summed E-state index contributed by atoms with van der Waals surface area (Å²) in [4.78, 5) is 12.0. The lowest BCUT2D eigenvalue weighted by molar-refractivity contribution is -0.136. The van der Waals surface area contributed by atoms with Gasteiger partial charge in [0.1, 0.15) is 11.5 Å². The van der Waals surface area contributed by atoms with Crippen molar-refractivity contribution < 1.29 is 14.3 Å². The minimum Gasteiger partial charge on any atom is -0.482 e. The van der Waals surface area contributed by atoms with Crippen LogP contribution in [0.4, 0.5) is 0 Å². The second kappa shape index (κ2) is 7.27. The summed E-state index contributed by atoms with van der Waals surface area (Å²) >= 11 is 5.97. The summed E-state index contributed by atoms with van der Waals surface area (Å²) in [6.07, 6.45) is 0. The van der Waals surface area contributed by atoms with Crippen LogP contribution < -0.4 is 9.47 Å². The fraction of sp³-hybridized carbons (Fsp3) is 0.350. The number of hydrogen-bond donors (Lipinski definition) is 0. The third kappa shape index (κ3) is 4.75. The fourth-order valence-electron chi connectivity index (χ4n) is 2.33. The number of rotatable bonds is 4. The van der Waals surface area contributed by atoms with Gasteiger partial charge in [-0.2, -0.15) is 0 Å². The highest BCUT2D eigenvalue weighted by Crippen LogP contribution is 2.32. The average Bonchev–Trinajstić information content (AvgIpc) is 2.49. The van der Waals surface area contributed by atoms with Gasteiger partial charge in [0, 0.05) is 5.02 Å². The number of carbonyl (C=O) groups is 1. The number of ether oxygens (including phenoxy) is 2. The van der Waals surface area contributed by atoms with Crippen LogP contribution in [0.15, 0.2) is 36.4 Å². The third-order valence-corrected chi connectivity index (χ3v) is 4.07. The Morgan fingerprint density at radius 1 is 1.08 bits per heavy atom. The molecule has 0 unspecified atom stereocenters. The Morgan fingerprint density at radius 3 is 2.42 bits per heavy atom. The Hall–Kier alpha value is -2.00. The molecule has 0 saturated heterocycles. The molecule has 0 bridgehead atoms. The van der Waals surface area contributed by atoms with E-state index in [4.69, 9.17) is 21.1 Å². The SMILES string of the molecule is Cc1ccc(OCC(=O)Oc2ccc(Cl)c(C)c2)c(C(C)(C)C)c1. The van der Waals surface area contributed by atoms with Crippen molar-refractivity contribution in [3.63, 3.8) is 0 Å². The van der Waals surface area contributed by atoms with E-state index in [1.54, 1.807) is 18.2 Å². The minimum atomic E-state index is -0.447. The first-order valence-corrected chi connectivity index (χ1v) is 8.25. The van der Waals surface area contributed by atoms with Gasteiger partial charge in [-0.15, -0.1) is 0 Å². The molecule has 0 atom stereocenters. The predicted molar refractivity (Wildman–Crippen MR) is 97.2 cm³/mol. The molecule has 0 N–H and O–H groups in total. The van der Waals surface area contributed by atoms with Gasteiger partial charge in [0.2, 0.25) is 0 Å². The van der Waals surface area contributed by atoms with Crippen LogP contribution in [0.3, 0.4) is 0 Å². The summed E-state index contributed by atoms with van der Waals surface area (Å²) in [5.41, 5.74) is 3.01. The molecule has 0 fully saturated rings. The van der Waals surface area contributed by atoms with Crippen LogP contribution in [-0.4, -0.2) is 12.6 Å². The molecule has 2 aromatic carbocycles. The number of benzene rings is 2. The van der Waals surface area contributed by atoms with E-state index < -0.39 is 5.97 Å². The topological polar surface area (TPSA) is 35.5 Å². The van der Waals surface area contributed by atoms with Gasteiger partial charge in [-0.1, -0.05) is 50.1 Å². The molecule has 2 aromatic rings. The van der Waals surface area contributed by atoms with Crippen LogP contribution in [0.2, 0.25) is 5.02 Å². The van der Waals surface area contributed by atoms with E-state index in [9.17, 15) is 4.79 Å². The van der Waals surface area contributed by atoms with E-state index in [-0.39, 0.29) is 12.0 Å². The van der Waals surface area contributed by atoms with Crippen molar-refractivity contribution in [1.82, 2.24) is 0 Å². The van der Waals surface area contributed by atoms with Gasteiger partial charge in [-0.3, -0.25) is 0 Å². The lowest BCUT2D eigenvalue weighted by atomic mass is 9.85. The van der Waals surface area contributed by atoms with Crippen molar-refractivity contribution in [2.45, 2.75) is 40.0 Å². The molecule has 0 aromatic heterocycles. The van der Waals surface area contributed by atoms with Crippen LogP contribution in [-0.2, 0) is 10.2 Å². The number of carbonyl (C=O) groups excluding carboxylic acids is 1. The van der Waals surface area contributed by atoms with E-state index in [0.29, 0.717) is 16.5 Å². The smallest absolute Gasteiger partial charge is 0.349 e. The molecular weight excluding hydrogens is 324 g/mol. The standard InChI is InChI=1S/C20H23ClO3/c1-13-6-9-18(16(10-13)20(3,4)5)23-12-19(22)24-15-7-8-17(21)14(2)11-15/h6-11H,12H2,1-5H3. The maximum Gasteiger partial charge on any atom is 0.349 e. The maximum absolute atomic E-state index is 12.0. The molecule has 0 aliphatic heterocycles. The molecular formula is C20H23ClO3. The second-order valence-corrected chi connectivity index (χ2v) is 7.33. The summed E-state index contributed by atoms with van der Waals surface area (Å²) in [6, 6.07) is 11.1. The van der Waals surface area contributed by atoms with Gasteiger partial charge in [0.15, 0.2) is 6.61 Å². The predicted octanol–water partition coefficient (Wildman–Crippen LogP) is 5.24. The van der Waals surface area contributed by atoms with Crippen molar-refractivity contribution in [1.29, 1.82) is 0 Å². The van der Waals surface area contributed by atoms with E-state index in [2.05, 4.69) is 26.8 Å². The van der Waals surface area contributed by atoms with Gasteiger partial charge in [-0.25, -0.2) is 4.79 Å². The Balaban J connectivity index is 2.05. The van der Waals surface area contributed by atoms with E-state index in [1.165, 1.54) is 0 Å². The average molecular weight is 347 g/mol. The first kappa shape index (κ1) is 18.3. The van der Waals surface area contributed by atoms with Crippen molar-refractivity contribution in [2.75, 3.05) is 6.61 Å². The first-order chi connectivity index (χ1) is 11.2. The molecule has 0 spiro atoms. The van der Waals surface area contributed by atoms with Crippen LogP contribution in [0, 0.1) is 13.8 Å². The molecule has 0 saturated carbocycles. The van der Waals surface area contributed by atoms with E-state index >= 15 is 0 Å². The summed E-state index contributed by atoms with van der Waals surface area (Å²) in [5, 5.41) is 0.639. The quantitative estimate of drug-likeness (QED) is 0.561. The van der Waals surface area contributed by atoms with Crippen LogP contribution in [0.25, 0.3) is 0 Å². The van der Waals surface area contributed by atoms with E-state index in [1.807, 2.05) is 26.0 Å². The number of aryl methyl sites for hydroxylation is 2. The molecule has 4 heteroatoms. The lowest BCUT2D eigenvalue weighted by Gasteiger charge is -2.23. The van der Waals surface area contributed by atoms with Gasteiger partial charge < -0.3 is 9.47 Å². The molecule has 24 heavy (non-hydrogen) atoms. The van der Waals surface area contributed by atoms with Gasteiger partial charge >= 0.3 is 5.97 Å². The summed E-state index contributed by atoms with van der Waals surface area (Å²) in [7, 11) is 0. The van der Waals surface area contributed by atoms with Crippen LogP contribution >= 0.6 is 11.6 Å². The molecule has 0 radical (unpaired) electrons. The molecule has 2 rings (SSSR count). The molecule has 0 aliphatic carbocycles. The largest absolute Gasteiger partial charge is 0.482 e. The maximum atomic E-state index is 12.0. The van der Waals surface area contributed by atoms with Gasteiger partial charge in [0.05, 0.1) is 0 Å². The Morgan fingerprint density at radius 2 is 1.79 bits per heavy atom. The Kier molecular flexibility index (Phi) is 5.55. The normalized spacial score (nSPS) is 11.2. The lowest BCUT2D eigenvalue weighted by Crippen LogP contribution is -2.20. The molecule has 0 heterocycles. The van der Waals surface area contributed by atoms with Crippen LogP contribution in [0.5, 0.6) is 11.5 Å². The second-order valence-electron chi connectivity index (χ2n) is 6.92. The zero-order valence-electron chi connectivity index (χ0n) is 14.8. The van der Waals surface area contributed by atoms with E-state index in [0.717, 1.165) is 16.7 Å². The summed E-state index contributed by atoms with van der Waals surface area (Å²) in [6.45, 7) is 10.1. The van der Waals surface area contributed by atoms with Crippen molar-refractivity contribution in [3.05, 3.63) is 58.1 Å². The number of hydrogen-bond acceptors (Lipinski definition) is 3. The van der Waals surface area contributed by atoms with Crippen molar-refractivity contribution in [2.24, 2.45) is 0 Å². The van der Waals surface area contributed by atoms with Crippen molar-refractivity contribution >= 4 is 17.6 Å². The Bertz CT molecular complexity index is 745. The highest BCUT2D eigenvalue weighted by molar-refractivity contribution is 6.31. The zero-order valence-corrected chi connectivity index (χ0v) is 15.5.